The van der Waals surface area contributed by atoms with E-state index in [1.807, 2.05) is 12.1 Å². The normalized spacial score (nSPS) is 23.8. The van der Waals surface area contributed by atoms with Gasteiger partial charge in [0.05, 0.1) is 10.3 Å². The van der Waals surface area contributed by atoms with Gasteiger partial charge in [0.2, 0.25) is 15.9 Å². The van der Waals surface area contributed by atoms with E-state index < -0.39 is 15.4 Å². The Morgan fingerprint density at radius 1 is 1.15 bits per heavy atom. The summed E-state index contributed by atoms with van der Waals surface area (Å²) in [6.07, 6.45) is 8.39. The van der Waals surface area contributed by atoms with Crippen LogP contribution >= 0.6 is 0 Å². The summed E-state index contributed by atoms with van der Waals surface area (Å²) >= 11 is 0. The lowest BCUT2D eigenvalue weighted by Gasteiger charge is -2.45. The molecule has 0 bridgehead atoms. The predicted molar refractivity (Wildman–Crippen MR) is 107 cm³/mol. The highest BCUT2D eigenvalue weighted by Gasteiger charge is 2.47. The van der Waals surface area contributed by atoms with Crippen LogP contribution in [0.4, 0.5) is 0 Å². The second kappa shape index (κ2) is 8.31. The molecule has 1 amide bonds. The molecular weight excluding hydrogens is 360 g/mol. The number of amides is 1. The number of aryl methyl sites for hydroxylation is 1. The van der Waals surface area contributed by atoms with Crippen molar-refractivity contribution >= 4 is 15.9 Å². The molecule has 0 radical (unpaired) electrons. The fourth-order valence-corrected chi connectivity index (χ4v) is 6.44. The standard InChI is InChI=1S/C21H32N2O3S/c1-2-7-17-9-11-19(12-10-17)27(25,26)23-15-6-8-18(16-23)21(20(22)24)13-4-3-5-14-21/h9-12,18H,2-8,13-16H2,1H3,(H2,22,24)/t18-/m0/s1. The van der Waals surface area contributed by atoms with Crippen LogP contribution in [0.15, 0.2) is 29.2 Å². The molecule has 2 aliphatic rings. The molecule has 1 aromatic carbocycles. The Bertz CT molecular complexity index is 752. The summed E-state index contributed by atoms with van der Waals surface area (Å²) in [6, 6.07) is 7.25. The summed E-state index contributed by atoms with van der Waals surface area (Å²) in [5, 5.41) is 0. The Kier molecular flexibility index (Phi) is 6.26. The van der Waals surface area contributed by atoms with Crippen LogP contribution < -0.4 is 5.73 Å². The van der Waals surface area contributed by atoms with Gasteiger partial charge >= 0.3 is 0 Å². The average molecular weight is 393 g/mol. The first kappa shape index (κ1) is 20.3. The first-order chi connectivity index (χ1) is 12.9. The molecule has 5 nitrogen and oxygen atoms in total. The van der Waals surface area contributed by atoms with Crippen molar-refractivity contribution in [3.63, 3.8) is 0 Å². The molecule has 0 aromatic heterocycles. The fourth-order valence-electron chi connectivity index (χ4n) is 4.92. The number of nitrogens with zero attached hydrogens (tertiary/aromatic N) is 1. The van der Waals surface area contributed by atoms with Crippen molar-refractivity contribution in [3.8, 4) is 0 Å². The Morgan fingerprint density at radius 3 is 2.41 bits per heavy atom. The minimum atomic E-state index is -3.54. The molecule has 2 fully saturated rings. The second-order valence-corrected chi connectivity index (χ2v) is 10.1. The predicted octanol–water partition coefficient (Wildman–Crippen LogP) is 3.48. The van der Waals surface area contributed by atoms with Gasteiger partial charge in [-0.1, -0.05) is 44.7 Å². The summed E-state index contributed by atoms with van der Waals surface area (Å²) in [5.41, 5.74) is 6.46. The maximum atomic E-state index is 13.2. The number of sulfonamides is 1. The Hall–Kier alpha value is -1.40. The lowest BCUT2D eigenvalue weighted by molar-refractivity contribution is -0.134. The molecular formula is C21H32N2O3S. The molecule has 1 aliphatic heterocycles. The fraction of sp³-hybridized carbons (Fsp3) is 0.667. The zero-order valence-electron chi connectivity index (χ0n) is 16.3. The topological polar surface area (TPSA) is 80.5 Å². The van der Waals surface area contributed by atoms with Crippen LogP contribution in [0.2, 0.25) is 0 Å². The summed E-state index contributed by atoms with van der Waals surface area (Å²) in [7, 11) is -3.54. The summed E-state index contributed by atoms with van der Waals surface area (Å²) < 4.78 is 27.9. The number of hydrogen-bond acceptors (Lipinski definition) is 3. The van der Waals surface area contributed by atoms with Gasteiger partial charge in [-0.05, 0) is 55.7 Å². The van der Waals surface area contributed by atoms with Gasteiger partial charge in [0.25, 0.3) is 0 Å². The van der Waals surface area contributed by atoms with Crippen molar-refractivity contribution in [2.24, 2.45) is 17.1 Å². The van der Waals surface area contributed by atoms with E-state index in [1.165, 1.54) is 0 Å². The molecule has 1 atom stereocenters. The van der Waals surface area contributed by atoms with Crippen LogP contribution in [-0.4, -0.2) is 31.7 Å². The first-order valence-electron chi connectivity index (χ1n) is 10.3. The van der Waals surface area contributed by atoms with Gasteiger partial charge in [-0.25, -0.2) is 8.42 Å². The third-order valence-corrected chi connectivity index (χ3v) is 8.38. The van der Waals surface area contributed by atoms with Crippen molar-refractivity contribution in [1.29, 1.82) is 0 Å². The molecule has 27 heavy (non-hydrogen) atoms. The van der Waals surface area contributed by atoms with Crippen LogP contribution in [-0.2, 0) is 21.2 Å². The zero-order valence-corrected chi connectivity index (χ0v) is 17.1. The van der Waals surface area contributed by atoms with Crippen LogP contribution in [0.3, 0.4) is 0 Å². The highest BCUT2D eigenvalue weighted by Crippen LogP contribution is 2.46. The molecule has 1 saturated heterocycles. The Labute approximate surface area is 163 Å². The number of piperidine rings is 1. The van der Waals surface area contributed by atoms with Gasteiger partial charge in [-0.3, -0.25) is 4.79 Å². The lowest BCUT2D eigenvalue weighted by Crippen LogP contribution is -2.52. The number of primary amides is 1. The molecule has 1 heterocycles. The van der Waals surface area contributed by atoms with E-state index in [4.69, 9.17) is 5.73 Å². The Morgan fingerprint density at radius 2 is 1.81 bits per heavy atom. The van der Waals surface area contributed by atoms with Gasteiger partial charge in [0, 0.05) is 13.1 Å². The number of nitrogens with two attached hydrogens (primary N) is 1. The molecule has 1 aliphatic carbocycles. The molecule has 0 spiro atoms. The van der Waals surface area contributed by atoms with E-state index in [-0.39, 0.29) is 11.8 Å². The molecule has 2 N–H and O–H groups in total. The van der Waals surface area contributed by atoms with E-state index in [9.17, 15) is 13.2 Å². The number of rotatable bonds is 6. The smallest absolute Gasteiger partial charge is 0.243 e. The molecule has 3 rings (SSSR count). The molecule has 6 heteroatoms. The first-order valence-corrected chi connectivity index (χ1v) is 11.7. The van der Waals surface area contributed by atoms with Gasteiger partial charge in [-0.2, -0.15) is 4.31 Å². The minimum absolute atomic E-state index is 0.0261. The van der Waals surface area contributed by atoms with E-state index in [0.717, 1.165) is 63.4 Å². The summed E-state index contributed by atoms with van der Waals surface area (Å²) in [6.45, 7) is 3.03. The zero-order chi connectivity index (χ0) is 19.5. The summed E-state index contributed by atoms with van der Waals surface area (Å²) in [5.74, 6) is -0.214. The second-order valence-electron chi connectivity index (χ2n) is 8.18. The maximum Gasteiger partial charge on any atom is 0.243 e. The van der Waals surface area contributed by atoms with Gasteiger partial charge in [0.1, 0.15) is 0 Å². The van der Waals surface area contributed by atoms with Crippen molar-refractivity contribution in [1.82, 2.24) is 4.31 Å². The molecule has 1 saturated carbocycles. The third kappa shape index (κ3) is 4.06. The number of hydrogen-bond donors (Lipinski definition) is 1. The van der Waals surface area contributed by atoms with Crippen LogP contribution in [0.5, 0.6) is 0 Å². The number of carbonyl (C=O) groups is 1. The number of carbonyl (C=O) groups excluding carboxylic acids is 1. The average Bonchev–Trinajstić information content (AvgIpc) is 2.69. The van der Waals surface area contributed by atoms with Crippen molar-refractivity contribution in [3.05, 3.63) is 29.8 Å². The SMILES string of the molecule is CCCc1ccc(S(=O)(=O)N2CCC[C@H](C3(C(N)=O)CCCCC3)C2)cc1. The van der Waals surface area contributed by atoms with E-state index in [2.05, 4.69) is 6.92 Å². The van der Waals surface area contributed by atoms with Gasteiger partial charge in [0.15, 0.2) is 0 Å². The molecule has 150 valence electrons. The maximum absolute atomic E-state index is 13.2. The van der Waals surface area contributed by atoms with E-state index in [0.29, 0.717) is 18.0 Å². The minimum Gasteiger partial charge on any atom is -0.369 e. The van der Waals surface area contributed by atoms with Crippen molar-refractivity contribution < 1.29 is 13.2 Å². The monoisotopic (exact) mass is 392 g/mol. The lowest BCUT2D eigenvalue weighted by atomic mass is 9.63. The Balaban J connectivity index is 1.81. The van der Waals surface area contributed by atoms with Gasteiger partial charge in [-0.15, -0.1) is 0 Å². The molecule has 1 aromatic rings. The molecule has 0 unspecified atom stereocenters. The highest BCUT2D eigenvalue weighted by atomic mass is 32.2. The van der Waals surface area contributed by atoms with Crippen molar-refractivity contribution in [2.75, 3.05) is 13.1 Å². The number of benzene rings is 1. The van der Waals surface area contributed by atoms with Crippen LogP contribution in [0.1, 0.15) is 63.9 Å². The quantitative estimate of drug-likeness (QED) is 0.805. The summed E-state index contributed by atoms with van der Waals surface area (Å²) in [4.78, 5) is 12.7. The van der Waals surface area contributed by atoms with Crippen LogP contribution in [0.25, 0.3) is 0 Å². The van der Waals surface area contributed by atoms with E-state index in [1.54, 1.807) is 16.4 Å². The van der Waals surface area contributed by atoms with Crippen LogP contribution in [0, 0.1) is 11.3 Å². The van der Waals surface area contributed by atoms with Gasteiger partial charge < -0.3 is 5.73 Å². The van der Waals surface area contributed by atoms with E-state index >= 15 is 0 Å². The van der Waals surface area contributed by atoms with Crippen molar-refractivity contribution in [2.45, 2.75) is 69.6 Å². The largest absolute Gasteiger partial charge is 0.369 e. The third-order valence-electron chi connectivity index (χ3n) is 6.50. The highest BCUT2D eigenvalue weighted by molar-refractivity contribution is 7.89.